The van der Waals surface area contributed by atoms with Crippen LogP contribution in [-0.2, 0) is 27.8 Å². The maximum Gasteiger partial charge on any atom is 0.262 e. The van der Waals surface area contributed by atoms with Gasteiger partial charge < -0.3 is 10.1 Å². The molecule has 0 fully saturated rings. The average molecular weight is 531 g/mol. The van der Waals surface area contributed by atoms with Crippen LogP contribution in [0.2, 0.25) is 0 Å². The van der Waals surface area contributed by atoms with Crippen LogP contribution in [0.4, 0.5) is 5.69 Å². The van der Waals surface area contributed by atoms with Crippen LogP contribution < -0.4 is 14.8 Å². The fourth-order valence-corrected chi connectivity index (χ4v) is 5.12. The van der Waals surface area contributed by atoms with E-state index in [1.165, 1.54) is 12.1 Å². The Kier molecular flexibility index (Phi) is 8.29. The lowest BCUT2D eigenvalue weighted by Gasteiger charge is -2.15. The molecule has 0 unspecified atom stereocenters. The third-order valence-electron chi connectivity index (χ3n) is 5.15. The topological polar surface area (TPSA) is 84.5 Å². The number of benzene rings is 3. The third kappa shape index (κ3) is 6.66. The van der Waals surface area contributed by atoms with Gasteiger partial charge in [-0.1, -0.05) is 53.2 Å². The van der Waals surface area contributed by atoms with Crippen molar-refractivity contribution in [2.45, 2.75) is 38.6 Å². The molecule has 0 aliphatic rings. The Balaban J connectivity index is 1.63. The number of rotatable bonds is 9. The van der Waals surface area contributed by atoms with Crippen LogP contribution in [0.15, 0.2) is 70.0 Å². The van der Waals surface area contributed by atoms with Gasteiger partial charge in [0.15, 0.2) is 6.61 Å². The number of ether oxygens (including phenoxy) is 1. The predicted octanol–water partition coefficient (Wildman–Crippen LogP) is 5.12. The zero-order valence-electron chi connectivity index (χ0n) is 18.8. The average Bonchev–Trinajstić information content (AvgIpc) is 2.79. The lowest BCUT2D eigenvalue weighted by atomic mass is 10.1. The molecule has 0 spiro atoms. The van der Waals surface area contributed by atoms with Crippen LogP contribution in [0.3, 0.4) is 0 Å². The van der Waals surface area contributed by atoms with E-state index >= 15 is 0 Å². The van der Waals surface area contributed by atoms with Gasteiger partial charge in [0.25, 0.3) is 5.91 Å². The fraction of sp³-hybridized carbons (Fsp3) is 0.240. The second-order valence-electron chi connectivity index (χ2n) is 7.68. The largest absolute Gasteiger partial charge is 0.483 e. The first-order valence-electron chi connectivity index (χ1n) is 10.6. The van der Waals surface area contributed by atoms with Gasteiger partial charge in [0, 0.05) is 16.7 Å². The second kappa shape index (κ2) is 11.0. The number of nitrogens with one attached hydrogen (secondary N) is 2. The molecule has 6 nitrogen and oxygen atoms in total. The summed E-state index contributed by atoms with van der Waals surface area (Å²) in [5.74, 6) is 0.172. The maximum atomic E-state index is 12.6. The van der Waals surface area contributed by atoms with Gasteiger partial charge in [0.05, 0.1) is 4.90 Å². The van der Waals surface area contributed by atoms with Gasteiger partial charge in [-0.15, -0.1) is 0 Å². The van der Waals surface area contributed by atoms with E-state index in [0.29, 0.717) is 11.3 Å². The minimum Gasteiger partial charge on any atom is -0.483 e. The van der Waals surface area contributed by atoms with Gasteiger partial charge in [0.1, 0.15) is 5.75 Å². The standard InChI is InChI=1S/C25H27BrN2O4S/c1-4-20-14-21(26)12-18(3)25(20)28-24(29)16-32-23-11-10-22(13-17(23)2)33(30,31)27-15-19-8-6-5-7-9-19/h5-14,27H,4,15-16H2,1-3H3,(H,28,29). The van der Waals surface area contributed by atoms with Crippen molar-refractivity contribution in [3.05, 3.63) is 87.4 Å². The summed E-state index contributed by atoms with van der Waals surface area (Å²) in [6.45, 7) is 5.74. The van der Waals surface area contributed by atoms with Crippen LogP contribution >= 0.6 is 15.9 Å². The van der Waals surface area contributed by atoms with Crippen molar-refractivity contribution in [1.82, 2.24) is 4.72 Å². The van der Waals surface area contributed by atoms with Crippen LogP contribution in [0.1, 0.15) is 29.2 Å². The molecule has 8 heteroatoms. The highest BCUT2D eigenvalue weighted by Gasteiger charge is 2.16. The van der Waals surface area contributed by atoms with Crippen molar-refractivity contribution in [3.63, 3.8) is 0 Å². The van der Waals surface area contributed by atoms with E-state index < -0.39 is 10.0 Å². The van der Waals surface area contributed by atoms with Gasteiger partial charge in [-0.25, -0.2) is 13.1 Å². The molecule has 3 aromatic rings. The summed E-state index contributed by atoms with van der Waals surface area (Å²) in [6, 6.07) is 17.8. The zero-order valence-corrected chi connectivity index (χ0v) is 21.2. The number of sulfonamides is 1. The molecule has 0 aliphatic carbocycles. The van der Waals surface area contributed by atoms with Crippen LogP contribution in [-0.4, -0.2) is 20.9 Å². The highest BCUT2D eigenvalue weighted by Crippen LogP contribution is 2.27. The molecule has 0 aliphatic heterocycles. The molecule has 174 valence electrons. The molecule has 0 saturated heterocycles. The molecule has 2 N–H and O–H groups in total. The Morgan fingerprint density at radius 1 is 1.00 bits per heavy atom. The summed E-state index contributed by atoms with van der Waals surface area (Å²) in [4.78, 5) is 12.6. The van der Waals surface area contributed by atoms with Crippen molar-refractivity contribution < 1.29 is 17.9 Å². The Hall–Kier alpha value is -2.68. The normalized spacial score (nSPS) is 11.3. The third-order valence-corrected chi connectivity index (χ3v) is 7.01. The Morgan fingerprint density at radius 2 is 1.73 bits per heavy atom. The lowest BCUT2D eigenvalue weighted by molar-refractivity contribution is -0.118. The van der Waals surface area contributed by atoms with Crippen molar-refractivity contribution in [2.75, 3.05) is 11.9 Å². The minimum atomic E-state index is -3.67. The van der Waals surface area contributed by atoms with Gasteiger partial charge in [-0.3, -0.25) is 4.79 Å². The molecule has 1 amide bonds. The van der Waals surface area contributed by atoms with Gasteiger partial charge >= 0.3 is 0 Å². The smallest absolute Gasteiger partial charge is 0.262 e. The maximum absolute atomic E-state index is 12.6. The van der Waals surface area contributed by atoms with E-state index in [1.54, 1.807) is 13.0 Å². The molecule has 0 bridgehead atoms. The van der Waals surface area contributed by atoms with E-state index in [2.05, 4.69) is 26.0 Å². The van der Waals surface area contributed by atoms with E-state index in [1.807, 2.05) is 56.3 Å². The van der Waals surface area contributed by atoms with Crippen molar-refractivity contribution >= 4 is 37.5 Å². The van der Waals surface area contributed by atoms with Crippen molar-refractivity contribution in [2.24, 2.45) is 0 Å². The number of halogens is 1. The summed E-state index contributed by atoms with van der Waals surface area (Å²) in [6.07, 6.45) is 0.782. The molecule has 0 heterocycles. The first kappa shape index (κ1) is 25.0. The monoisotopic (exact) mass is 530 g/mol. The first-order chi connectivity index (χ1) is 15.7. The molecule has 0 atom stereocenters. The molecule has 33 heavy (non-hydrogen) atoms. The van der Waals surface area contributed by atoms with Gasteiger partial charge in [-0.05, 0) is 72.9 Å². The Bertz CT molecular complexity index is 1240. The second-order valence-corrected chi connectivity index (χ2v) is 10.4. The van der Waals surface area contributed by atoms with Crippen molar-refractivity contribution in [1.29, 1.82) is 0 Å². The van der Waals surface area contributed by atoms with Crippen LogP contribution in [0.5, 0.6) is 5.75 Å². The van der Waals surface area contributed by atoms with E-state index in [4.69, 9.17) is 4.74 Å². The highest BCUT2D eigenvalue weighted by molar-refractivity contribution is 9.10. The van der Waals surface area contributed by atoms with Gasteiger partial charge in [-0.2, -0.15) is 0 Å². The SMILES string of the molecule is CCc1cc(Br)cc(C)c1NC(=O)COc1ccc(S(=O)(=O)NCc2ccccc2)cc1C. The minimum absolute atomic E-state index is 0.144. The fourth-order valence-electron chi connectivity index (χ4n) is 3.40. The number of hydrogen-bond donors (Lipinski definition) is 2. The molecular weight excluding hydrogens is 504 g/mol. The zero-order chi connectivity index (χ0) is 24.0. The number of hydrogen-bond acceptors (Lipinski definition) is 4. The van der Waals surface area contributed by atoms with E-state index in [9.17, 15) is 13.2 Å². The predicted molar refractivity (Wildman–Crippen MR) is 134 cm³/mol. The Morgan fingerprint density at radius 3 is 2.39 bits per heavy atom. The molecule has 0 radical (unpaired) electrons. The summed E-state index contributed by atoms with van der Waals surface area (Å²) < 4.78 is 34.5. The number of aryl methyl sites for hydroxylation is 3. The number of amides is 1. The van der Waals surface area contributed by atoms with Crippen LogP contribution in [0.25, 0.3) is 0 Å². The lowest BCUT2D eigenvalue weighted by Crippen LogP contribution is -2.23. The molecule has 0 aromatic heterocycles. The summed E-state index contributed by atoms with van der Waals surface area (Å²) in [5.41, 5.74) is 4.28. The summed E-state index contributed by atoms with van der Waals surface area (Å²) in [7, 11) is -3.67. The first-order valence-corrected chi connectivity index (χ1v) is 12.8. The number of carbonyl (C=O) groups excluding carboxylic acids is 1. The number of carbonyl (C=O) groups is 1. The molecular formula is C25H27BrN2O4S. The molecule has 3 rings (SSSR count). The van der Waals surface area contributed by atoms with E-state index in [0.717, 1.165) is 33.3 Å². The molecule has 3 aromatic carbocycles. The number of anilines is 1. The molecule has 0 saturated carbocycles. The van der Waals surface area contributed by atoms with Crippen molar-refractivity contribution in [3.8, 4) is 5.75 Å². The Labute approximate surface area is 203 Å². The highest BCUT2D eigenvalue weighted by atomic mass is 79.9. The van der Waals surface area contributed by atoms with E-state index in [-0.39, 0.29) is 24.0 Å². The summed E-state index contributed by atoms with van der Waals surface area (Å²) in [5, 5.41) is 2.92. The van der Waals surface area contributed by atoms with Gasteiger partial charge in [0.2, 0.25) is 10.0 Å². The quantitative estimate of drug-likeness (QED) is 0.401. The van der Waals surface area contributed by atoms with Crippen LogP contribution in [0, 0.1) is 13.8 Å². The summed E-state index contributed by atoms with van der Waals surface area (Å²) >= 11 is 3.48.